The average molecular weight is 382 g/mol. The molecule has 0 spiro atoms. The van der Waals surface area contributed by atoms with Crippen LogP contribution in [0.25, 0.3) is 0 Å². The van der Waals surface area contributed by atoms with Crippen LogP contribution in [0.1, 0.15) is 19.8 Å². The van der Waals surface area contributed by atoms with Crippen LogP contribution < -0.4 is 5.32 Å². The van der Waals surface area contributed by atoms with E-state index in [0.717, 1.165) is 18.9 Å². The normalized spacial score (nSPS) is 10.5. The Morgan fingerprint density at radius 1 is 1.47 bits per heavy atom. The van der Waals surface area contributed by atoms with E-state index < -0.39 is 10.7 Å². The predicted molar refractivity (Wildman–Crippen MR) is 80.0 cm³/mol. The number of unbranched alkanes of at least 4 members (excludes halogenated alkanes) is 1. The van der Waals surface area contributed by atoms with Crippen molar-refractivity contribution in [3.05, 3.63) is 31.6 Å². The van der Waals surface area contributed by atoms with Crippen molar-refractivity contribution in [2.45, 2.75) is 19.8 Å². The molecule has 5 nitrogen and oxygen atoms in total. The number of nitrogens with one attached hydrogen (secondary N) is 1. The molecule has 0 amide bonds. The Hall–Kier alpha value is -0.960. The molecule has 0 saturated carbocycles. The van der Waals surface area contributed by atoms with Crippen molar-refractivity contribution >= 4 is 34.0 Å². The number of nitro benzene ring substituents is 1. The standard InChI is InChI=1S/C12H16FIN2O3/c1-2-3-5-19-6-4-15-11-7-9(13)10(14)8-12(11)16(17)18/h7-8,15H,2-6H2,1H3. The van der Waals surface area contributed by atoms with Crippen molar-refractivity contribution in [2.75, 3.05) is 25.1 Å². The Kier molecular flexibility index (Phi) is 7.00. The molecule has 0 aromatic heterocycles. The predicted octanol–water partition coefficient (Wildman–Crippen LogP) is 3.57. The number of hydrogen-bond acceptors (Lipinski definition) is 4. The summed E-state index contributed by atoms with van der Waals surface area (Å²) < 4.78 is 19.0. The maximum Gasteiger partial charge on any atom is 0.293 e. The van der Waals surface area contributed by atoms with Gasteiger partial charge in [-0.2, -0.15) is 0 Å². The fourth-order valence-corrected chi connectivity index (χ4v) is 1.89. The fraction of sp³-hybridized carbons (Fsp3) is 0.500. The molecule has 1 N–H and O–H groups in total. The summed E-state index contributed by atoms with van der Waals surface area (Å²) in [5.74, 6) is -0.472. The first-order valence-electron chi connectivity index (χ1n) is 6.01. The molecule has 106 valence electrons. The summed E-state index contributed by atoms with van der Waals surface area (Å²) in [7, 11) is 0. The van der Waals surface area contributed by atoms with E-state index in [1.54, 1.807) is 22.6 Å². The van der Waals surface area contributed by atoms with Crippen LogP contribution in [0.3, 0.4) is 0 Å². The maximum absolute atomic E-state index is 13.4. The van der Waals surface area contributed by atoms with Crippen LogP contribution in [0.2, 0.25) is 0 Å². The number of hydrogen-bond donors (Lipinski definition) is 1. The Balaban J connectivity index is 2.57. The van der Waals surface area contributed by atoms with Gasteiger partial charge in [-0.3, -0.25) is 10.1 Å². The zero-order chi connectivity index (χ0) is 14.3. The smallest absolute Gasteiger partial charge is 0.293 e. The number of rotatable bonds is 8. The third kappa shape index (κ3) is 5.27. The van der Waals surface area contributed by atoms with E-state index in [1.165, 1.54) is 6.07 Å². The van der Waals surface area contributed by atoms with Crippen molar-refractivity contribution < 1.29 is 14.1 Å². The Labute approximate surface area is 124 Å². The molecular weight excluding hydrogens is 366 g/mol. The molecule has 0 unspecified atom stereocenters. The van der Waals surface area contributed by atoms with Crippen molar-refractivity contribution in [1.82, 2.24) is 0 Å². The number of anilines is 1. The molecule has 0 aliphatic carbocycles. The Morgan fingerprint density at radius 3 is 2.84 bits per heavy atom. The summed E-state index contributed by atoms with van der Waals surface area (Å²) in [5, 5.41) is 13.7. The lowest BCUT2D eigenvalue weighted by Gasteiger charge is -2.08. The van der Waals surface area contributed by atoms with E-state index in [9.17, 15) is 14.5 Å². The second-order valence-electron chi connectivity index (χ2n) is 3.93. The minimum absolute atomic E-state index is 0.126. The van der Waals surface area contributed by atoms with Gasteiger partial charge in [0, 0.05) is 25.3 Å². The lowest BCUT2D eigenvalue weighted by atomic mass is 10.2. The monoisotopic (exact) mass is 382 g/mol. The van der Waals surface area contributed by atoms with Gasteiger partial charge in [-0.15, -0.1) is 0 Å². The van der Waals surface area contributed by atoms with Crippen molar-refractivity contribution in [2.24, 2.45) is 0 Å². The molecular formula is C12H16FIN2O3. The van der Waals surface area contributed by atoms with E-state index in [-0.39, 0.29) is 14.9 Å². The highest BCUT2D eigenvalue weighted by Gasteiger charge is 2.16. The Bertz CT molecular complexity index is 443. The molecule has 0 aliphatic rings. The molecule has 1 aromatic rings. The quantitative estimate of drug-likeness (QED) is 0.323. The van der Waals surface area contributed by atoms with Gasteiger partial charge in [0.15, 0.2) is 0 Å². The van der Waals surface area contributed by atoms with E-state index in [4.69, 9.17) is 4.74 Å². The van der Waals surface area contributed by atoms with Crippen LogP contribution in [-0.2, 0) is 4.74 Å². The second kappa shape index (κ2) is 8.26. The first-order chi connectivity index (χ1) is 9.06. The van der Waals surface area contributed by atoms with Crippen LogP contribution in [0, 0.1) is 19.5 Å². The lowest BCUT2D eigenvalue weighted by Crippen LogP contribution is -2.11. The first kappa shape index (κ1) is 16.1. The van der Waals surface area contributed by atoms with Gasteiger partial charge in [-0.1, -0.05) is 13.3 Å². The molecule has 0 radical (unpaired) electrons. The van der Waals surface area contributed by atoms with E-state index in [2.05, 4.69) is 12.2 Å². The number of benzene rings is 1. The third-order valence-corrected chi connectivity index (χ3v) is 3.27. The van der Waals surface area contributed by atoms with Gasteiger partial charge in [0.05, 0.1) is 15.1 Å². The molecule has 0 bridgehead atoms. The molecule has 0 atom stereocenters. The van der Waals surface area contributed by atoms with E-state index in [0.29, 0.717) is 19.8 Å². The van der Waals surface area contributed by atoms with Gasteiger partial charge >= 0.3 is 0 Å². The van der Waals surface area contributed by atoms with Gasteiger partial charge in [0.2, 0.25) is 0 Å². The molecule has 0 fully saturated rings. The summed E-state index contributed by atoms with van der Waals surface area (Å²) in [6.45, 7) is 3.58. The van der Waals surface area contributed by atoms with Crippen LogP contribution in [0.15, 0.2) is 12.1 Å². The number of nitrogens with zero attached hydrogens (tertiary/aromatic N) is 1. The highest BCUT2D eigenvalue weighted by molar-refractivity contribution is 14.1. The summed E-state index contributed by atoms with van der Waals surface area (Å²) in [6, 6.07) is 2.36. The van der Waals surface area contributed by atoms with Crippen LogP contribution in [-0.4, -0.2) is 24.7 Å². The highest BCUT2D eigenvalue weighted by atomic mass is 127. The SMILES string of the molecule is CCCCOCCNc1cc(F)c(I)cc1[N+](=O)[O-]. The molecule has 1 rings (SSSR count). The Morgan fingerprint density at radius 2 is 2.21 bits per heavy atom. The third-order valence-electron chi connectivity index (χ3n) is 2.44. The van der Waals surface area contributed by atoms with Gasteiger partial charge in [-0.25, -0.2) is 4.39 Å². The maximum atomic E-state index is 13.4. The van der Waals surface area contributed by atoms with E-state index >= 15 is 0 Å². The van der Waals surface area contributed by atoms with Crippen molar-refractivity contribution in [3.63, 3.8) is 0 Å². The van der Waals surface area contributed by atoms with Crippen LogP contribution in [0.5, 0.6) is 0 Å². The summed E-state index contributed by atoms with van der Waals surface area (Å²) in [4.78, 5) is 10.3. The molecule has 0 saturated heterocycles. The lowest BCUT2D eigenvalue weighted by molar-refractivity contribution is -0.384. The van der Waals surface area contributed by atoms with Crippen LogP contribution >= 0.6 is 22.6 Å². The average Bonchev–Trinajstić information content (AvgIpc) is 2.37. The van der Waals surface area contributed by atoms with Gasteiger partial charge in [0.1, 0.15) is 11.5 Å². The van der Waals surface area contributed by atoms with Gasteiger partial charge < -0.3 is 10.1 Å². The summed E-state index contributed by atoms with van der Waals surface area (Å²) in [6.07, 6.45) is 2.04. The van der Waals surface area contributed by atoms with Crippen LogP contribution in [0.4, 0.5) is 15.8 Å². The highest BCUT2D eigenvalue weighted by Crippen LogP contribution is 2.28. The molecule has 0 heterocycles. The minimum atomic E-state index is -0.526. The summed E-state index contributed by atoms with van der Waals surface area (Å²) >= 11 is 1.73. The molecule has 1 aromatic carbocycles. The zero-order valence-corrected chi connectivity index (χ0v) is 12.8. The van der Waals surface area contributed by atoms with Crippen molar-refractivity contribution in [3.8, 4) is 0 Å². The number of ether oxygens (including phenoxy) is 1. The largest absolute Gasteiger partial charge is 0.380 e. The first-order valence-corrected chi connectivity index (χ1v) is 7.09. The van der Waals surface area contributed by atoms with Gasteiger partial charge in [-0.05, 0) is 29.0 Å². The number of halogens is 2. The molecule has 7 heteroatoms. The van der Waals surface area contributed by atoms with Gasteiger partial charge in [0.25, 0.3) is 5.69 Å². The fourth-order valence-electron chi connectivity index (χ4n) is 1.44. The molecule has 19 heavy (non-hydrogen) atoms. The number of nitro groups is 1. The van der Waals surface area contributed by atoms with E-state index in [1.807, 2.05) is 0 Å². The summed E-state index contributed by atoms with van der Waals surface area (Å²) in [5.41, 5.74) is 0.0568. The van der Waals surface area contributed by atoms with Crippen molar-refractivity contribution in [1.29, 1.82) is 0 Å². The second-order valence-corrected chi connectivity index (χ2v) is 5.10. The molecule has 0 aliphatic heterocycles. The minimum Gasteiger partial charge on any atom is -0.380 e. The zero-order valence-electron chi connectivity index (χ0n) is 10.6. The topological polar surface area (TPSA) is 64.4 Å².